The Morgan fingerprint density at radius 3 is 2.28 bits per heavy atom. The van der Waals surface area contributed by atoms with E-state index < -0.39 is 0 Å². The van der Waals surface area contributed by atoms with Crippen LogP contribution < -0.4 is 34.3 Å². The van der Waals surface area contributed by atoms with Crippen molar-refractivity contribution in [1.82, 2.24) is 5.32 Å². The topological polar surface area (TPSA) is 82.6 Å². The number of rotatable bonds is 6. The summed E-state index contributed by atoms with van der Waals surface area (Å²) in [6, 6.07) is 9.53. The number of guanidine groups is 1. The lowest BCUT2D eigenvalue weighted by atomic mass is 10.2. The van der Waals surface area contributed by atoms with E-state index in [-0.39, 0.29) is 0 Å². The first kappa shape index (κ1) is 20.4. The summed E-state index contributed by atoms with van der Waals surface area (Å²) >= 11 is 0. The number of aliphatic imine (C=N–C) groups is 1. The minimum atomic E-state index is 0.515. The van der Waals surface area contributed by atoms with Gasteiger partial charge in [0, 0.05) is 31.8 Å². The van der Waals surface area contributed by atoms with Crippen molar-refractivity contribution in [3.8, 4) is 28.7 Å². The highest BCUT2D eigenvalue weighted by molar-refractivity contribution is 5.93. The summed E-state index contributed by atoms with van der Waals surface area (Å²) in [5, 5.41) is 6.55. The first-order valence-electron chi connectivity index (χ1n) is 9.34. The third-order valence-electron chi connectivity index (χ3n) is 4.42. The maximum Gasteiger partial charge on any atom is 0.203 e. The van der Waals surface area contributed by atoms with E-state index in [0.29, 0.717) is 43.0 Å². The molecule has 3 rings (SSSR count). The third kappa shape index (κ3) is 4.96. The van der Waals surface area contributed by atoms with Gasteiger partial charge in [0.05, 0.1) is 34.5 Å². The van der Waals surface area contributed by atoms with Gasteiger partial charge in [0.25, 0.3) is 0 Å². The van der Waals surface area contributed by atoms with Crippen LogP contribution >= 0.6 is 0 Å². The molecule has 0 fully saturated rings. The molecule has 8 heteroatoms. The molecule has 0 bridgehead atoms. The quantitative estimate of drug-likeness (QED) is 0.569. The largest absolute Gasteiger partial charge is 0.493 e. The Hall–Kier alpha value is -3.29. The molecule has 1 heterocycles. The van der Waals surface area contributed by atoms with Gasteiger partial charge in [0.1, 0.15) is 0 Å². The standard InChI is InChI=1S/C21H27N3O5/c1-22-21(24-15-6-7-16-17(12-15)29-9-5-8-28-16)23-13-14-10-18(25-2)20(27-4)19(11-14)26-3/h6-7,10-12H,5,8-9,13H2,1-4H3,(H2,22,23,24). The SMILES string of the molecule is CN=C(NCc1cc(OC)c(OC)c(OC)c1)Nc1ccc2c(c1)OCCCO2. The third-order valence-corrected chi connectivity index (χ3v) is 4.42. The van der Waals surface area contributed by atoms with Gasteiger partial charge in [-0.25, -0.2) is 0 Å². The number of hydrogen-bond donors (Lipinski definition) is 2. The number of fused-ring (bicyclic) bond motifs is 1. The molecule has 2 N–H and O–H groups in total. The van der Waals surface area contributed by atoms with Crippen LogP contribution in [0.5, 0.6) is 28.7 Å². The highest BCUT2D eigenvalue weighted by atomic mass is 16.5. The van der Waals surface area contributed by atoms with Gasteiger partial charge in [-0.3, -0.25) is 4.99 Å². The van der Waals surface area contributed by atoms with Crippen LogP contribution in [0.25, 0.3) is 0 Å². The molecule has 0 atom stereocenters. The number of benzene rings is 2. The summed E-state index contributed by atoms with van der Waals surface area (Å²) in [4.78, 5) is 4.28. The van der Waals surface area contributed by atoms with Crippen LogP contribution in [0.2, 0.25) is 0 Å². The van der Waals surface area contributed by atoms with Gasteiger partial charge < -0.3 is 34.3 Å². The van der Waals surface area contributed by atoms with E-state index in [1.165, 1.54) is 0 Å². The fourth-order valence-electron chi connectivity index (χ4n) is 2.98. The molecule has 1 aliphatic heterocycles. The van der Waals surface area contributed by atoms with Gasteiger partial charge in [-0.1, -0.05) is 0 Å². The van der Waals surface area contributed by atoms with Gasteiger partial charge in [0.15, 0.2) is 29.0 Å². The summed E-state index contributed by atoms with van der Waals surface area (Å²) < 4.78 is 27.6. The van der Waals surface area contributed by atoms with Crippen LogP contribution in [-0.4, -0.2) is 47.6 Å². The molecule has 0 spiro atoms. The van der Waals surface area contributed by atoms with Crippen molar-refractivity contribution in [2.45, 2.75) is 13.0 Å². The zero-order chi connectivity index (χ0) is 20.6. The molecule has 0 aliphatic carbocycles. The van der Waals surface area contributed by atoms with Crippen molar-refractivity contribution in [3.05, 3.63) is 35.9 Å². The zero-order valence-electron chi connectivity index (χ0n) is 17.2. The Bertz CT molecular complexity index is 844. The van der Waals surface area contributed by atoms with Crippen molar-refractivity contribution in [2.75, 3.05) is 46.9 Å². The lowest BCUT2D eigenvalue weighted by Gasteiger charge is -2.16. The fourth-order valence-corrected chi connectivity index (χ4v) is 2.98. The van der Waals surface area contributed by atoms with Crippen molar-refractivity contribution in [3.63, 3.8) is 0 Å². The number of methoxy groups -OCH3 is 3. The van der Waals surface area contributed by atoms with Crippen LogP contribution in [0.3, 0.4) is 0 Å². The molecule has 0 unspecified atom stereocenters. The van der Waals surface area contributed by atoms with Crippen LogP contribution in [0.4, 0.5) is 5.69 Å². The second-order valence-corrected chi connectivity index (χ2v) is 6.30. The van der Waals surface area contributed by atoms with Crippen molar-refractivity contribution in [1.29, 1.82) is 0 Å². The number of hydrogen-bond acceptors (Lipinski definition) is 6. The zero-order valence-corrected chi connectivity index (χ0v) is 17.2. The highest BCUT2D eigenvalue weighted by Gasteiger charge is 2.14. The van der Waals surface area contributed by atoms with Gasteiger partial charge >= 0.3 is 0 Å². The van der Waals surface area contributed by atoms with Crippen LogP contribution in [0.15, 0.2) is 35.3 Å². The van der Waals surface area contributed by atoms with Gasteiger partial charge in [-0.05, 0) is 29.8 Å². The number of anilines is 1. The molecule has 2 aromatic rings. The summed E-state index contributed by atoms with van der Waals surface area (Å²) in [5.41, 5.74) is 1.81. The molecular weight excluding hydrogens is 374 g/mol. The molecule has 2 aromatic carbocycles. The number of ether oxygens (including phenoxy) is 5. The second-order valence-electron chi connectivity index (χ2n) is 6.30. The lowest BCUT2D eigenvalue weighted by molar-refractivity contribution is 0.297. The minimum absolute atomic E-state index is 0.515. The Morgan fingerprint density at radius 2 is 1.66 bits per heavy atom. The molecule has 0 radical (unpaired) electrons. The van der Waals surface area contributed by atoms with Gasteiger partial charge in [-0.15, -0.1) is 0 Å². The molecule has 0 saturated heterocycles. The van der Waals surface area contributed by atoms with Crippen molar-refractivity contribution >= 4 is 11.6 Å². The van der Waals surface area contributed by atoms with E-state index >= 15 is 0 Å². The van der Waals surface area contributed by atoms with Crippen molar-refractivity contribution in [2.24, 2.45) is 4.99 Å². The predicted octanol–water partition coefficient (Wildman–Crippen LogP) is 3.06. The van der Waals surface area contributed by atoms with E-state index in [0.717, 1.165) is 29.2 Å². The predicted molar refractivity (Wildman–Crippen MR) is 112 cm³/mol. The van der Waals surface area contributed by atoms with Crippen LogP contribution in [0, 0.1) is 0 Å². The molecule has 0 saturated carbocycles. The van der Waals surface area contributed by atoms with Crippen molar-refractivity contribution < 1.29 is 23.7 Å². The smallest absolute Gasteiger partial charge is 0.203 e. The summed E-state index contributed by atoms with van der Waals surface area (Å²) in [6.07, 6.45) is 0.870. The highest BCUT2D eigenvalue weighted by Crippen LogP contribution is 2.38. The lowest BCUT2D eigenvalue weighted by Crippen LogP contribution is -2.30. The molecule has 8 nitrogen and oxygen atoms in total. The number of nitrogens with zero attached hydrogens (tertiary/aromatic N) is 1. The maximum absolute atomic E-state index is 5.74. The normalized spacial score (nSPS) is 13.3. The first-order chi connectivity index (χ1) is 14.2. The Morgan fingerprint density at radius 1 is 0.966 bits per heavy atom. The number of nitrogens with one attached hydrogen (secondary N) is 2. The van der Waals surface area contributed by atoms with Crippen LogP contribution in [0.1, 0.15) is 12.0 Å². The fraction of sp³-hybridized carbons (Fsp3) is 0.381. The van der Waals surface area contributed by atoms with E-state index in [1.807, 2.05) is 30.3 Å². The van der Waals surface area contributed by atoms with E-state index in [2.05, 4.69) is 15.6 Å². The maximum atomic E-state index is 5.74. The Kier molecular flexibility index (Phi) is 6.89. The minimum Gasteiger partial charge on any atom is -0.493 e. The summed E-state index contributed by atoms with van der Waals surface area (Å²) in [6.45, 7) is 1.82. The second kappa shape index (κ2) is 9.77. The van der Waals surface area contributed by atoms with Gasteiger partial charge in [0.2, 0.25) is 5.75 Å². The average molecular weight is 401 g/mol. The van der Waals surface area contributed by atoms with E-state index in [4.69, 9.17) is 23.7 Å². The molecule has 0 amide bonds. The first-order valence-corrected chi connectivity index (χ1v) is 9.34. The monoisotopic (exact) mass is 401 g/mol. The Balaban J connectivity index is 1.69. The Labute approximate surface area is 170 Å². The van der Waals surface area contributed by atoms with E-state index in [1.54, 1.807) is 28.4 Å². The van der Waals surface area contributed by atoms with E-state index in [9.17, 15) is 0 Å². The average Bonchev–Trinajstić information content (AvgIpc) is 3.00. The summed E-state index contributed by atoms with van der Waals surface area (Å²) in [5.74, 6) is 3.88. The van der Waals surface area contributed by atoms with Gasteiger partial charge in [-0.2, -0.15) is 0 Å². The molecule has 0 aromatic heterocycles. The summed E-state index contributed by atoms with van der Waals surface area (Å²) in [7, 11) is 6.49. The molecular formula is C21H27N3O5. The molecule has 29 heavy (non-hydrogen) atoms. The van der Waals surface area contributed by atoms with Crippen LogP contribution in [-0.2, 0) is 6.54 Å². The molecule has 156 valence electrons. The molecule has 1 aliphatic rings.